The number of carbonyl (C=O) groups is 1. The summed E-state index contributed by atoms with van der Waals surface area (Å²) in [5, 5.41) is 4.59. The Kier molecular flexibility index (Phi) is 3.58. The van der Waals surface area contributed by atoms with E-state index >= 15 is 0 Å². The van der Waals surface area contributed by atoms with Crippen LogP contribution in [-0.4, -0.2) is 24.3 Å². The van der Waals surface area contributed by atoms with Gasteiger partial charge in [0.15, 0.2) is 22.8 Å². The largest absolute Gasteiger partial charge is 0.493 e. The molecule has 0 aliphatic heterocycles. The molecule has 0 saturated heterocycles. The smallest absolute Gasteiger partial charge is 0.360 e. The van der Waals surface area contributed by atoms with E-state index in [4.69, 9.17) is 18.4 Å². The monoisotopic (exact) mass is 301 g/mol. The molecule has 22 heavy (non-hydrogen) atoms. The van der Waals surface area contributed by atoms with E-state index in [0.717, 1.165) is 5.39 Å². The maximum absolute atomic E-state index is 11.8. The topological polar surface area (TPSA) is 74.7 Å². The molecular formula is C16H15NO5. The van der Waals surface area contributed by atoms with Gasteiger partial charge in [-0.05, 0) is 26.0 Å². The molecule has 0 fully saturated rings. The van der Waals surface area contributed by atoms with Crippen LogP contribution in [0.4, 0.5) is 0 Å². The van der Waals surface area contributed by atoms with E-state index < -0.39 is 5.97 Å². The average Bonchev–Trinajstić information content (AvgIpc) is 3.12. The fraction of sp³-hybridized carbons (Fsp3) is 0.250. The number of ether oxygens (including phenoxy) is 2. The van der Waals surface area contributed by atoms with Gasteiger partial charge in [0, 0.05) is 11.5 Å². The fourth-order valence-electron chi connectivity index (χ4n) is 2.08. The first-order valence-corrected chi connectivity index (χ1v) is 6.83. The quantitative estimate of drug-likeness (QED) is 0.684. The number of nitrogens with zero attached hydrogens (tertiary/aromatic N) is 1. The minimum Gasteiger partial charge on any atom is -0.493 e. The molecule has 0 amide bonds. The van der Waals surface area contributed by atoms with Crippen LogP contribution in [0.1, 0.15) is 24.3 Å². The molecule has 0 radical (unpaired) electrons. The van der Waals surface area contributed by atoms with E-state index in [1.807, 2.05) is 12.1 Å². The van der Waals surface area contributed by atoms with Gasteiger partial charge >= 0.3 is 5.97 Å². The minimum absolute atomic E-state index is 0.108. The highest BCUT2D eigenvalue weighted by molar-refractivity contribution is 5.90. The Morgan fingerprint density at radius 2 is 2.05 bits per heavy atom. The van der Waals surface area contributed by atoms with Crippen molar-refractivity contribution in [3.63, 3.8) is 0 Å². The van der Waals surface area contributed by atoms with Crippen LogP contribution in [0.3, 0.4) is 0 Å². The average molecular weight is 301 g/mol. The number of rotatable bonds is 4. The van der Waals surface area contributed by atoms with E-state index in [2.05, 4.69) is 5.16 Å². The van der Waals surface area contributed by atoms with Crippen LogP contribution in [-0.2, 0) is 4.74 Å². The number of para-hydroxylation sites is 1. The Bertz CT molecular complexity index is 815. The first-order valence-electron chi connectivity index (χ1n) is 6.83. The molecule has 6 heteroatoms. The SMILES string of the molecule is COc1cccc2cc(-c3cc(C(=O)OC(C)C)no3)oc12. The molecule has 0 bridgehead atoms. The molecule has 0 spiro atoms. The third-order valence-corrected chi connectivity index (χ3v) is 3.03. The van der Waals surface area contributed by atoms with Gasteiger partial charge in [-0.15, -0.1) is 0 Å². The Balaban J connectivity index is 1.95. The van der Waals surface area contributed by atoms with Crippen LogP contribution in [0, 0.1) is 0 Å². The van der Waals surface area contributed by atoms with Crippen LogP contribution >= 0.6 is 0 Å². The molecular weight excluding hydrogens is 286 g/mol. The third kappa shape index (κ3) is 2.55. The second-order valence-corrected chi connectivity index (χ2v) is 5.02. The molecule has 6 nitrogen and oxygen atoms in total. The van der Waals surface area contributed by atoms with E-state index in [0.29, 0.717) is 22.9 Å². The Morgan fingerprint density at radius 3 is 2.77 bits per heavy atom. The molecule has 1 aromatic carbocycles. The Hall–Kier alpha value is -2.76. The lowest BCUT2D eigenvalue weighted by atomic mass is 10.2. The van der Waals surface area contributed by atoms with Crippen molar-refractivity contribution in [2.24, 2.45) is 0 Å². The summed E-state index contributed by atoms with van der Waals surface area (Å²) in [6.07, 6.45) is -0.219. The molecule has 2 heterocycles. The summed E-state index contributed by atoms with van der Waals surface area (Å²) < 4.78 is 21.2. The third-order valence-electron chi connectivity index (χ3n) is 3.03. The lowest BCUT2D eigenvalue weighted by Crippen LogP contribution is -2.11. The van der Waals surface area contributed by atoms with Crippen molar-refractivity contribution in [1.82, 2.24) is 5.16 Å². The van der Waals surface area contributed by atoms with Gasteiger partial charge < -0.3 is 18.4 Å². The summed E-state index contributed by atoms with van der Waals surface area (Å²) in [5.41, 5.74) is 0.721. The van der Waals surface area contributed by atoms with Crippen molar-refractivity contribution in [2.45, 2.75) is 20.0 Å². The van der Waals surface area contributed by atoms with Gasteiger partial charge in [-0.1, -0.05) is 17.3 Å². The zero-order chi connectivity index (χ0) is 15.7. The van der Waals surface area contributed by atoms with E-state index in [9.17, 15) is 4.79 Å². The lowest BCUT2D eigenvalue weighted by Gasteiger charge is -2.04. The molecule has 3 rings (SSSR count). The van der Waals surface area contributed by atoms with Crippen molar-refractivity contribution < 1.29 is 23.2 Å². The molecule has 2 aromatic heterocycles. The number of aromatic nitrogens is 1. The predicted molar refractivity (Wildman–Crippen MR) is 78.8 cm³/mol. The van der Waals surface area contributed by atoms with Crippen molar-refractivity contribution in [3.05, 3.63) is 36.0 Å². The number of methoxy groups -OCH3 is 1. The zero-order valence-electron chi connectivity index (χ0n) is 12.5. The van der Waals surface area contributed by atoms with Crippen molar-refractivity contribution in [2.75, 3.05) is 7.11 Å². The molecule has 0 atom stereocenters. The highest BCUT2D eigenvalue weighted by Crippen LogP contribution is 2.33. The molecule has 0 unspecified atom stereocenters. The van der Waals surface area contributed by atoms with Gasteiger partial charge in [-0.3, -0.25) is 0 Å². The van der Waals surface area contributed by atoms with Crippen LogP contribution in [0.2, 0.25) is 0 Å². The summed E-state index contributed by atoms with van der Waals surface area (Å²) >= 11 is 0. The molecule has 0 saturated carbocycles. The maximum atomic E-state index is 11.8. The molecule has 0 aliphatic carbocycles. The normalized spacial score (nSPS) is 11.1. The van der Waals surface area contributed by atoms with Crippen molar-refractivity contribution in [1.29, 1.82) is 0 Å². The summed E-state index contributed by atoms with van der Waals surface area (Å²) in [5.74, 6) is 0.922. The number of furan rings is 1. The maximum Gasteiger partial charge on any atom is 0.360 e. The number of hydrogen-bond donors (Lipinski definition) is 0. The Labute approximate surface area is 126 Å². The first-order chi connectivity index (χ1) is 10.6. The number of carbonyl (C=O) groups excluding carboxylic acids is 1. The predicted octanol–water partition coefficient (Wildman–Crippen LogP) is 3.66. The van der Waals surface area contributed by atoms with Crippen molar-refractivity contribution >= 4 is 16.9 Å². The van der Waals surface area contributed by atoms with E-state index in [1.165, 1.54) is 6.07 Å². The van der Waals surface area contributed by atoms with Gasteiger partial charge in [-0.2, -0.15) is 0 Å². The molecule has 0 N–H and O–H groups in total. The number of hydrogen-bond acceptors (Lipinski definition) is 6. The van der Waals surface area contributed by atoms with Crippen LogP contribution in [0.25, 0.3) is 22.5 Å². The van der Waals surface area contributed by atoms with Gasteiger partial charge in [0.05, 0.1) is 13.2 Å². The second kappa shape index (κ2) is 5.55. The van der Waals surface area contributed by atoms with Crippen LogP contribution < -0.4 is 4.74 Å². The minimum atomic E-state index is -0.529. The van der Waals surface area contributed by atoms with Gasteiger partial charge in [0.1, 0.15) is 0 Å². The number of esters is 1. The summed E-state index contributed by atoms with van der Waals surface area (Å²) in [4.78, 5) is 11.8. The van der Waals surface area contributed by atoms with Crippen LogP contribution in [0.15, 0.2) is 39.3 Å². The fourth-order valence-corrected chi connectivity index (χ4v) is 2.08. The van der Waals surface area contributed by atoms with Crippen molar-refractivity contribution in [3.8, 4) is 17.3 Å². The van der Waals surface area contributed by atoms with Gasteiger partial charge in [-0.25, -0.2) is 4.79 Å². The van der Waals surface area contributed by atoms with Gasteiger partial charge in [0.2, 0.25) is 5.76 Å². The standard InChI is InChI=1S/C16H15NO5/c1-9(2)20-16(18)11-8-14(22-17-11)13-7-10-5-4-6-12(19-3)15(10)21-13/h4-9H,1-3H3. The highest BCUT2D eigenvalue weighted by atomic mass is 16.5. The number of fused-ring (bicyclic) bond motifs is 1. The summed E-state index contributed by atoms with van der Waals surface area (Å²) in [6, 6.07) is 8.87. The van der Waals surface area contributed by atoms with E-state index in [-0.39, 0.29) is 11.8 Å². The lowest BCUT2D eigenvalue weighted by molar-refractivity contribution is 0.0366. The molecule has 0 aliphatic rings. The molecule has 114 valence electrons. The Morgan fingerprint density at radius 1 is 1.23 bits per heavy atom. The van der Waals surface area contributed by atoms with Crippen LogP contribution in [0.5, 0.6) is 5.75 Å². The first kappa shape index (κ1) is 14.2. The van der Waals surface area contributed by atoms with Gasteiger partial charge in [0.25, 0.3) is 0 Å². The molecule has 3 aromatic rings. The van der Waals surface area contributed by atoms with E-state index in [1.54, 1.807) is 33.1 Å². The summed E-state index contributed by atoms with van der Waals surface area (Å²) in [7, 11) is 1.57. The number of benzene rings is 1. The highest BCUT2D eigenvalue weighted by Gasteiger charge is 2.19. The zero-order valence-corrected chi connectivity index (χ0v) is 12.5. The summed E-state index contributed by atoms with van der Waals surface area (Å²) in [6.45, 7) is 3.54. The second-order valence-electron chi connectivity index (χ2n) is 5.02.